The van der Waals surface area contributed by atoms with Crippen molar-refractivity contribution in [3.05, 3.63) is 65.2 Å². The van der Waals surface area contributed by atoms with Gasteiger partial charge in [0.1, 0.15) is 17.3 Å². The fraction of sp³-hybridized carbons (Fsp3) is 0.407. The standard InChI is InChI=1S/C27H33NO6/c1-4-6-17-34-22-10-7-9-20(18-22)24-23(26(30)27(31)28(24)15-8-16-32-3)25(29)19-11-13-21(14-12-19)33-5-2/h7,9-14,18,24,29H,4-6,8,15-17H2,1-3H3. The number of unbranched alkanes of at least 4 members (excludes halogenated alkanes) is 1. The summed E-state index contributed by atoms with van der Waals surface area (Å²) in [6.07, 6.45) is 2.51. The summed E-state index contributed by atoms with van der Waals surface area (Å²) < 4.78 is 16.5. The van der Waals surface area contributed by atoms with Crippen molar-refractivity contribution in [1.29, 1.82) is 0 Å². The minimum Gasteiger partial charge on any atom is -0.507 e. The van der Waals surface area contributed by atoms with Gasteiger partial charge >= 0.3 is 0 Å². The van der Waals surface area contributed by atoms with Gasteiger partial charge in [-0.05, 0) is 61.7 Å². The topological polar surface area (TPSA) is 85.3 Å². The number of carbonyl (C=O) groups is 2. The van der Waals surface area contributed by atoms with E-state index in [4.69, 9.17) is 14.2 Å². The fourth-order valence-electron chi connectivity index (χ4n) is 3.98. The minimum atomic E-state index is -0.724. The third-order valence-corrected chi connectivity index (χ3v) is 5.67. The zero-order valence-electron chi connectivity index (χ0n) is 20.1. The van der Waals surface area contributed by atoms with Crippen LogP contribution in [0.5, 0.6) is 11.5 Å². The number of nitrogens with zero attached hydrogens (tertiary/aromatic N) is 1. The predicted molar refractivity (Wildman–Crippen MR) is 130 cm³/mol. The number of methoxy groups -OCH3 is 1. The van der Waals surface area contributed by atoms with E-state index in [0.717, 1.165) is 12.8 Å². The number of hydrogen-bond donors (Lipinski definition) is 1. The number of ketones is 1. The van der Waals surface area contributed by atoms with Crippen molar-refractivity contribution in [1.82, 2.24) is 4.90 Å². The van der Waals surface area contributed by atoms with Crippen molar-refractivity contribution in [3.8, 4) is 11.5 Å². The monoisotopic (exact) mass is 467 g/mol. The van der Waals surface area contributed by atoms with Crippen molar-refractivity contribution < 1.29 is 28.9 Å². The summed E-state index contributed by atoms with van der Waals surface area (Å²) in [5, 5.41) is 11.2. The van der Waals surface area contributed by atoms with Gasteiger partial charge in [-0.1, -0.05) is 25.5 Å². The zero-order valence-corrected chi connectivity index (χ0v) is 20.1. The van der Waals surface area contributed by atoms with Gasteiger partial charge in [0, 0.05) is 25.8 Å². The third-order valence-electron chi connectivity index (χ3n) is 5.67. The van der Waals surface area contributed by atoms with Gasteiger partial charge in [-0.25, -0.2) is 0 Å². The van der Waals surface area contributed by atoms with Gasteiger partial charge in [0.25, 0.3) is 11.7 Å². The first-order valence-electron chi connectivity index (χ1n) is 11.7. The average molecular weight is 468 g/mol. The normalized spacial score (nSPS) is 17.3. The highest BCUT2D eigenvalue weighted by molar-refractivity contribution is 6.46. The second kappa shape index (κ2) is 12.2. The zero-order chi connectivity index (χ0) is 24.5. The fourth-order valence-corrected chi connectivity index (χ4v) is 3.98. The van der Waals surface area contributed by atoms with Crippen molar-refractivity contribution >= 4 is 17.4 Å². The lowest BCUT2D eigenvalue weighted by Crippen LogP contribution is -2.31. The van der Waals surface area contributed by atoms with Crippen LogP contribution in [0.1, 0.15) is 50.3 Å². The quantitative estimate of drug-likeness (QED) is 0.210. The van der Waals surface area contributed by atoms with Crippen LogP contribution < -0.4 is 9.47 Å². The molecule has 1 aliphatic heterocycles. The maximum atomic E-state index is 13.1. The van der Waals surface area contributed by atoms with Crippen LogP contribution in [0.3, 0.4) is 0 Å². The molecule has 1 saturated heterocycles. The van der Waals surface area contributed by atoms with Crippen LogP contribution in [-0.2, 0) is 14.3 Å². The van der Waals surface area contributed by atoms with Gasteiger partial charge < -0.3 is 24.2 Å². The van der Waals surface area contributed by atoms with E-state index in [1.54, 1.807) is 31.4 Å². The maximum Gasteiger partial charge on any atom is 0.295 e. The molecule has 0 aliphatic carbocycles. The minimum absolute atomic E-state index is 0.0669. The Balaban J connectivity index is 2.03. The average Bonchev–Trinajstić information content (AvgIpc) is 3.10. The first-order chi connectivity index (χ1) is 16.5. The molecule has 2 aromatic rings. The van der Waals surface area contributed by atoms with Gasteiger partial charge in [-0.15, -0.1) is 0 Å². The summed E-state index contributed by atoms with van der Waals surface area (Å²) in [6.45, 7) is 5.86. The van der Waals surface area contributed by atoms with Gasteiger partial charge in [-0.3, -0.25) is 9.59 Å². The molecule has 1 N–H and O–H groups in total. The Morgan fingerprint density at radius 1 is 0.971 bits per heavy atom. The molecule has 0 bridgehead atoms. The van der Waals surface area contributed by atoms with E-state index >= 15 is 0 Å². The highest BCUT2D eigenvalue weighted by atomic mass is 16.5. The van der Waals surface area contributed by atoms with Crippen molar-refractivity contribution in [2.45, 2.75) is 39.2 Å². The molecule has 1 amide bonds. The molecular weight excluding hydrogens is 434 g/mol. The second-order valence-corrected chi connectivity index (χ2v) is 8.07. The van der Waals surface area contributed by atoms with Crippen LogP contribution >= 0.6 is 0 Å². The molecule has 0 aromatic heterocycles. The Kier molecular flexibility index (Phi) is 9.10. The summed E-state index contributed by atoms with van der Waals surface area (Å²) in [5.41, 5.74) is 1.22. The van der Waals surface area contributed by atoms with Crippen LogP contribution in [0.4, 0.5) is 0 Å². The molecule has 34 heavy (non-hydrogen) atoms. The van der Waals surface area contributed by atoms with E-state index in [9.17, 15) is 14.7 Å². The molecule has 0 spiro atoms. The highest BCUT2D eigenvalue weighted by Crippen LogP contribution is 2.40. The van der Waals surface area contributed by atoms with E-state index in [1.165, 1.54) is 4.90 Å². The molecule has 182 valence electrons. The van der Waals surface area contributed by atoms with Gasteiger partial charge in [0.2, 0.25) is 0 Å². The second-order valence-electron chi connectivity index (χ2n) is 8.07. The third kappa shape index (κ3) is 5.78. The number of aliphatic hydroxyl groups is 1. The molecule has 7 nitrogen and oxygen atoms in total. The summed E-state index contributed by atoms with van der Waals surface area (Å²) >= 11 is 0. The predicted octanol–water partition coefficient (Wildman–Crippen LogP) is 4.72. The maximum absolute atomic E-state index is 13.1. The number of benzene rings is 2. The van der Waals surface area contributed by atoms with Crippen LogP contribution in [-0.4, -0.2) is 55.2 Å². The SMILES string of the molecule is CCCCOc1cccc(C2C(=C(O)c3ccc(OCC)cc3)C(=O)C(=O)N2CCCOC)c1. The molecule has 3 rings (SSSR count). The lowest BCUT2D eigenvalue weighted by molar-refractivity contribution is -0.140. The number of amides is 1. The van der Waals surface area contributed by atoms with Gasteiger partial charge in [0.15, 0.2) is 0 Å². The first kappa shape index (κ1) is 25.3. The molecule has 2 aromatic carbocycles. The number of ether oxygens (including phenoxy) is 3. The molecule has 1 aliphatic rings. The summed E-state index contributed by atoms with van der Waals surface area (Å²) in [4.78, 5) is 27.6. The number of aliphatic hydroxyl groups excluding tert-OH is 1. The lowest BCUT2D eigenvalue weighted by Gasteiger charge is -2.25. The van der Waals surface area contributed by atoms with Crippen LogP contribution in [0.2, 0.25) is 0 Å². The lowest BCUT2D eigenvalue weighted by atomic mass is 9.95. The van der Waals surface area contributed by atoms with Gasteiger partial charge in [-0.2, -0.15) is 0 Å². The largest absolute Gasteiger partial charge is 0.507 e. The molecule has 0 radical (unpaired) electrons. The van der Waals surface area contributed by atoms with E-state index in [1.807, 2.05) is 31.2 Å². The van der Waals surface area contributed by atoms with E-state index in [2.05, 4.69) is 6.92 Å². The van der Waals surface area contributed by atoms with E-state index in [0.29, 0.717) is 55.4 Å². The summed E-state index contributed by atoms with van der Waals surface area (Å²) in [7, 11) is 1.59. The van der Waals surface area contributed by atoms with Crippen molar-refractivity contribution in [2.24, 2.45) is 0 Å². The number of hydrogen-bond acceptors (Lipinski definition) is 6. The van der Waals surface area contributed by atoms with E-state index < -0.39 is 17.7 Å². The van der Waals surface area contributed by atoms with Crippen molar-refractivity contribution in [3.63, 3.8) is 0 Å². The smallest absolute Gasteiger partial charge is 0.295 e. The van der Waals surface area contributed by atoms with Crippen LogP contribution in [0.15, 0.2) is 54.1 Å². The Morgan fingerprint density at radius 2 is 1.74 bits per heavy atom. The van der Waals surface area contributed by atoms with Crippen molar-refractivity contribution in [2.75, 3.05) is 33.5 Å². The van der Waals surface area contributed by atoms with E-state index in [-0.39, 0.29) is 11.3 Å². The molecule has 1 unspecified atom stereocenters. The molecular formula is C27H33NO6. The molecule has 0 saturated carbocycles. The Bertz CT molecular complexity index is 1010. The first-order valence-corrected chi connectivity index (χ1v) is 11.7. The number of Topliss-reactive ketones (excluding diaryl/α,β-unsaturated/α-hetero) is 1. The summed E-state index contributed by atoms with van der Waals surface area (Å²) in [5.74, 6) is -0.225. The Morgan fingerprint density at radius 3 is 2.41 bits per heavy atom. The molecule has 1 fully saturated rings. The Hall–Kier alpha value is -3.32. The number of likely N-dealkylation sites (tertiary alicyclic amines) is 1. The number of rotatable bonds is 12. The molecule has 1 atom stereocenters. The van der Waals surface area contributed by atoms with Gasteiger partial charge in [0.05, 0.1) is 24.8 Å². The number of carbonyl (C=O) groups excluding carboxylic acids is 2. The van der Waals surface area contributed by atoms with Crippen LogP contribution in [0.25, 0.3) is 5.76 Å². The summed E-state index contributed by atoms with van der Waals surface area (Å²) in [6, 6.07) is 13.5. The molecule has 7 heteroatoms. The molecule has 1 heterocycles. The highest BCUT2D eigenvalue weighted by Gasteiger charge is 2.45. The Labute approximate surface area is 200 Å². The van der Waals surface area contributed by atoms with Crippen LogP contribution in [0, 0.1) is 0 Å².